The van der Waals surface area contributed by atoms with E-state index in [4.69, 9.17) is 0 Å². The van der Waals surface area contributed by atoms with Gasteiger partial charge in [-0.2, -0.15) is 0 Å². The SMILES string of the molecule is c1ccc(-c2ccc(-c3ccc(-c4cc5c(ccc6c5ccc5c7ccc8sc(-c9ccc(-c%10ccc(-c%11ccccc%11)cc%10)cc9)cc8c7ccc65)s4)cc3)cc2)cc1. The summed E-state index contributed by atoms with van der Waals surface area (Å²) in [5.41, 5.74) is 12.4. The predicted octanol–water partition coefficient (Wildman–Crippen LogP) is 17.6. The van der Waals surface area contributed by atoms with Crippen LogP contribution in [-0.2, 0) is 0 Å². The number of benzene rings is 10. The van der Waals surface area contributed by atoms with E-state index in [0.717, 1.165) is 0 Å². The van der Waals surface area contributed by atoms with Crippen LogP contribution in [0.1, 0.15) is 0 Å². The summed E-state index contributed by atoms with van der Waals surface area (Å²) in [5.74, 6) is 0. The van der Waals surface area contributed by atoms with Gasteiger partial charge in [0.2, 0.25) is 0 Å². The average Bonchev–Trinajstić information content (AvgIpc) is 3.98. The number of hydrogen-bond acceptors (Lipinski definition) is 2. The molecule has 0 fully saturated rings. The maximum Gasteiger partial charge on any atom is 0.0355 e. The van der Waals surface area contributed by atoms with Crippen molar-refractivity contribution in [2.75, 3.05) is 0 Å². The van der Waals surface area contributed by atoms with E-state index in [1.165, 1.54) is 118 Å². The molecule has 2 heteroatoms. The Hall–Kier alpha value is -7.10. The first-order valence-corrected chi connectivity index (χ1v) is 22.1. The highest BCUT2D eigenvalue weighted by Crippen LogP contribution is 2.43. The molecular weight excluding hydrogens is 761 g/mol. The third-order valence-electron chi connectivity index (χ3n) is 12.2. The van der Waals surface area contributed by atoms with Crippen LogP contribution in [0.3, 0.4) is 0 Å². The minimum atomic E-state index is 1.23. The van der Waals surface area contributed by atoms with E-state index in [1.807, 2.05) is 22.7 Å². The van der Waals surface area contributed by atoms with Crippen molar-refractivity contribution in [1.29, 1.82) is 0 Å². The molecule has 0 saturated heterocycles. The van der Waals surface area contributed by atoms with Crippen LogP contribution < -0.4 is 0 Å². The van der Waals surface area contributed by atoms with Crippen molar-refractivity contribution in [3.8, 4) is 65.4 Å². The summed E-state index contributed by atoms with van der Waals surface area (Å²) in [6.45, 7) is 0. The molecule has 60 heavy (non-hydrogen) atoms. The second kappa shape index (κ2) is 14.3. The second-order valence-corrected chi connectivity index (χ2v) is 17.8. The average molecular weight is 797 g/mol. The topological polar surface area (TPSA) is 0 Å². The third-order valence-corrected chi connectivity index (χ3v) is 14.5. The number of rotatable bonds is 6. The van der Waals surface area contributed by atoms with Gasteiger partial charge < -0.3 is 0 Å². The fourth-order valence-corrected chi connectivity index (χ4v) is 11.2. The molecule has 0 N–H and O–H groups in total. The van der Waals surface area contributed by atoms with Crippen molar-refractivity contribution in [1.82, 2.24) is 0 Å². The van der Waals surface area contributed by atoms with Crippen LogP contribution in [0.2, 0.25) is 0 Å². The summed E-state index contributed by atoms with van der Waals surface area (Å²) in [5, 5.41) is 10.5. The number of fused-ring (bicyclic) bond motifs is 9. The molecule has 0 atom stereocenters. The lowest BCUT2D eigenvalue weighted by Crippen LogP contribution is -1.82. The Morgan fingerprint density at radius 3 is 0.717 bits per heavy atom. The summed E-state index contributed by atoms with van der Waals surface area (Å²) in [7, 11) is 0. The first-order chi connectivity index (χ1) is 29.7. The monoisotopic (exact) mass is 796 g/mol. The van der Waals surface area contributed by atoms with Crippen molar-refractivity contribution in [3.63, 3.8) is 0 Å². The van der Waals surface area contributed by atoms with E-state index in [1.54, 1.807) is 0 Å². The van der Waals surface area contributed by atoms with E-state index in [0.29, 0.717) is 0 Å². The molecule has 0 amide bonds. The Bertz CT molecular complexity index is 3280. The van der Waals surface area contributed by atoms with Crippen molar-refractivity contribution in [2.24, 2.45) is 0 Å². The molecular formula is C58H36S2. The summed E-state index contributed by atoms with van der Waals surface area (Å²) in [4.78, 5) is 2.59. The fraction of sp³-hybridized carbons (Fsp3) is 0. The van der Waals surface area contributed by atoms with E-state index in [-0.39, 0.29) is 0 Å². The van der Waals surface area contributed by atoms with Gasteiger partial charge in [0.25, 0.3) is 0 Å². The zero-order valence-corrected chi connectivity index (χ0v) is 34.2. The molecule has 0 radical (unpaired) electrons. The van der Waals surface area contributed by atoms with E-state index in [9.17, 15) is 0 Å². The molecule has 0 nitrogen and oxygen atoms in total. The van der Waals surface area contributed by atoms with Gasteiger partial charge in [-0.1, -0.05) is 194 Å². The number of thiophene rings is 2. The Morgan fingerprint density at radius 2 is 0.417 bits per heavy atom. The van der Waals surface area contributed by atoms with Crippen LogP contribution in [0, 0.1) is 0 Å². The van der Waals surface area contributed by atoms with Gasteiger partial charge in [-0.3, -0.25) is 0 Å². The lowest BCUT2D eigenvalue weighted by atomic mass is 9.94. The standard InChI is InChI=1S/C58H36S2/c1-3-7-37(8-4-1)39-11-15-41(16-12-39)43-19-23-45(24-20-43)57-35-53-51-29-27-48-47(49(51)31-33-55(53)59-57)28-30-52-50(48)32-34-56-54(52)36-58(60-56)46-25-21-44(22-26-46)42-17-13-40(14-18-42)38-9-5-2-6-10-38/h1-36H. The summed E-state index contributed by atoms with van der Waals surface area (Å²) in [6.07, 6.45) is 0. The highest BCUT2D eigenvalue weighted by Gasteiger charge is 2.14. The quantitative estimate of drug-likeness (QED) is 0.147. The molecule has 0 aliphatic rings. The van der Waals surface area contributed by atoms with Crippen LogP contribution in [-0.4, -0.2) is 0 Å². The lowest BCUT2D eigenvalue weighted by Gasteiger charge is -2.09. The first kappa shape index (κ1) is 34.9. The molecule has 0 aliphatic heterocycles. The smallest absolute Gasteiger partial charge is 0.0355 e. The van der Waals surface area contributed by atoms with Crippen LogP contribution >= 0.6 is 22.7 Å². The first-order valence-electron chi connectivity index (χ1n) is 20.5. The number of hydrogen-bond donors (Lipinski definition) is 0. The van der Waals surface area contributed by atoms with Crippen LogP contribution in [0.5, 0.6) is 0 Å². The Labute approximate surface area is 356 Å². The minimum Gasteiger partial charge on any atom is -0.135 e. The van der Waals surface area contributed by atoms with E-state index >= 15 is 0 Å². The van der Waals surface area contributed by atoms with Gasteiger partial charge in [-0.05, 0) is 112 Å². The maximum atomic E-state index is 2.39. The Kier molecular flexibility index (Phi) is 8.33. The lowest BCUT2D eigenvalue weighted by molar-refractivity contribution is 1.59. The Morgan fingerprint density at radius 1 is 0.183 bits per heavy atom. The molecule has 0 bridgehead atoms. The largest absolute Gasteiger partial charge is 0.135 e. The molecule has 0 saturated carbocycles. The molecule has 280 valence electrons. The molecule has 12 rings (SSSR count). The molecule has 0 spiro atoms. The zero-order chi connectivity index (χ0) is 39.6. The Balaban J connectivity index is 0.833. The highest BCUT2D eigenvalue weighted by atomic mass is 32.1. The third kappa shape index (κ3) is 6.04. The second-order valence-electron chi connectivity index (χ2n) is 15.6. The molecule has 2 heterocycles. The van der Waals surface area contributed by atoms with Crippen LogP contribution in [0.15, 0.2) is 218 Å². The fourth-order valence-electron chi connectivity index (χ4n) is 8.99. The van der Waals surface area contributed by atoms with Crippen LogP contribution in [0.25, 0.3) is 118 Å². The van der Waals surface area contributed by atoms with Gasteiger partial charge in [0.15, 0.2) is 0 Å². The summed E-state index contributed by atoms with van der Waals surface area (Å²) >= 11 is 3.75. The normalized spacial score (nSPS) is 11.7. The molecule has 10 aromatic carbocycles. The van der Waals surface area contributed by atoms with Crippen molar-refractivity contribution < 1.29 is 0 Å². The summed E-state index contributed by atoms with van der Waals surface area (Å²) < 4.78 is 2.64. The molecule has 2 aromatic heterocycles. The molecule has 12 aromatic rings. The van der Waals surface area contributed by atoms with Gasteiger partial charge in [0.05, 0.1) is 0 Å². The minimum absolute atomic E-state index is 1.23. The highest BCUT2D eigenvalue weighted by molar-refractivity contribution is 7.22. The van der Waals surface area contributed by atoms with Gasteiger partial charge >= 0.3 is 0 Å². The summed E-state index contributed by atoms with van der Waals surface area (Å²) in [6, 6.07) is 80.5. The van der Waals surface area contributed by atoms with Gasteiger partial charge in [0, 0.05) is 29.9 Å². The molecule has 0 aliphatic carbocycles. The van der Waals surface area contributed by atoms with E-state index < -0.39 is 0 Å². The predicted molar refractivity (Wildman–Crippen MR) is 262 cm³/mol. The molecule has 0 unspecified atom stereocenters. The van der Waals surface area contributed by atoms with Crippen molar-refractivity contribution in [3.05, 3.63) is 218 Å². The van der Waals surface area contributed by atoms with Crippen molar-refractivity contribution in [2.45, 2.75) is 0 Å². The van der Waals surface area contributed by atoms with Gasteiger partial charge in [-0.15, -0.1) is 22.7 Å². The van der Waals surface area contributed by atoms with Gasteiger partial charge in [0.1, 0.15) is 0 Å². The van der Waals surface area contributed by atoms with Gasteiger partial charge in [-0.25, -0.2) is 0 Å². The van der Waals surface area contributed by atoms with Crippen LogP contribution in [0.4, 0.5) is 0 Å². The van der Waals surface area contributed by atoms with Crippen molar-refractivity contribution >= 4 is 75.2 Å². The zero-order valence-electron chi connectivity index (χ0n) is 32.6. The van der Waals surface area contributed by atoms with E-state index in [2.05, 4.69) is 218 Å². The maximum absolute atomic E-state index is 2.39.